The number of benzene rings is 1. The van der Waals surface area contributed by atoms with Crippen LogP contribution in [0.5, 0.6) is 5.75 Å². The van der Waals surface area contributed by atoms with Gasteiger partial charge in [0.05, 0.1) is 12.7 Å². The number of carbonyl (C=O) groups is 1. The molecule has 4 heterocycles. The van der Waals surface area contributed by atoms with Gasteiger partial charge in [-0.15, -0.1) is 0 Å². The molecule has 0 saturated carbocycles. The Balaban J connectivity index is 1.28. The highest BCUT2D eigenvalue weighted by Gasteiger charge is 2.52. The Kier molecular flexibility index (Phi) is 5.05. The number of imidazole rings is 1. The highest BCUT2D eigenvalue weighted by Crippen LogP contribution is 2.55. The van der Waals surface area contributed by atoms with E-state index in [0.717, 1.165) is 56.1 Å². The number of nitrogens with zero attached hydrogens (tertiary/aromatic N) is 3. The number of amides is 1. The fourth-order valence-electron chi connectivity index (χ4n) is 5.52. The Morgan fingerprint density at radius 1 is 1.29 bits per heavy atom. The number of halogens is 1. The molecule has 1 aromatic heterocycles. The lowest BCUT2D eigenvalue weighted by atomic mass is 9.64. The molecule has 0 unspecified atom stereocenters. The van der Waals surface area contributed by atoms with Gasteiger partial charge in [0.1, 0.15) is 23.7 Å². The molecule has 2 fully saturated rings. The van der Waals surface area contributed by atoms with E-state index in [4.69, 9.17) is 21.1 Å². The van der Waals surface area contributed by atoms with Gasteiger partial charge >= 0.3 is 0 Å². The first-order chi connectivity index (χ1) is 14.8. The Hall–Kier alpha value is -2.05. The number of rotatable bonds is 2. The van der Waals surface area contributed by atoms with Crippen molar-refractivity contribution in [3.05, 3.63) is 47.0 Å². The largest absolute Gasteiger partial charge is 0.487 e. The molecule has 2 atom stereocenters. The summed E-state index contributed by atoms with van der Waals surface area (Å²) >= 11 is 6.27. The summed E-state index contributed by atoms with van der Waals surface area (Å²) in [5.41, 5.74) is 0.847. The number of piperidine rings is 1. The number of carbonyl (C=O) groups excluding carboxylic acids is 1. The number of likely N-dealkylation sites (tertiary alicyclic amines) is 1. The molecule has 2 aromatic rings. The van der Waals surface area contributed by atoms with Crippen molar-refractivity contribution in [2.75, 3.05) is 19.7 Å². The third kappa shape index (κ3) is 3.74. The van der Waals surface area contributed by atoms with Crippen LogP contribution < -0.4 is 4.74 Å². The first kappa shape index (κ1) is 20.8. The fourth-order valence-corrected chi connectivity index (χ4v) is 5.70. The molecule has 7 heteroatoms. The lowest BCUT2D eigenvalue weighted by molar-refractivity contribution is -0.176. The second kappa shape index (κ2) is 7.52. The van der Waals surface area contributed by atoms with Gasteiger partial charge in [0.2, 0.25) is 5.91 Å². The van der Waals surface area contributed by atoms with E-state index in [9.17, 15) is 4.79 Å². The van der Waals surface area contributed by atoms with E-state index >= 15 is 0 Å². The predicted molar refractivity (Wildman–Crippen MR) is 118 cm³/mol. The Morgan fingerprint density at radius 3 is 2.77 bits per heavy atom. The third-order valence-electron chi connectivity index (χ3n) is 7.54. The predicted octanol–water partition coefficient (Wildman–Crippen LogP) is 4.40. The summed E-state index contributed by atoms with van der Waals surface area (Å²) in [4.78, 5) is 19.0. The topological polar surface area (TPSA) is 56.6 Å². The van der Waals surface area contributed by atoms with Crippen molar-refractivity contribution in [1.29, 1.82) is 0 Å². The SMILES string of the molecule is Cc1nccn1CC(=O)N1CCC2(CC1)CO[C@H]1c3cc(Cl)ccc3OC(C)(C)[C@@H]1C2. The summed E-state index contributed by atoms with van der Waals surface area (Å²) in [6.45, 7) is 8.88. The fraction of sp³-hybridized carbons (Fsp3) is 0.583. The van der Waals surface area contributed by atoms with Crippen LogP contribution in [0, 0.1) is 18.3 Å². The van der Waals surface area contributed by atoms with Crippen molar-refractivity contribution in [1.82, 2.24) is 14.5 Å². The second-order valence-electron chi connectivity index (χ2n) is 9.91. The molecule has 0 radical (unpaired) electrons. The van der Waals surface area contributed by atoms with Gasteiger partial charge in [-0.2, -0.15) is 0 Å². The van der Waals surface area contributed by atoms with Crippen LogP contribution in [0.2, 0.25) is 5.02 Å². The van der Waals surface area contributed by atoms with Crippen molar-refractivity contribution >= 4 is 17.5 Å². The zero-order chi connectivity index (χ0) is 21.8. The summed E-state index contributed by atoms with van der Waals surface area (Å²) in [5, 5.41) is 0.713. The van der Waals surface area contributed by atoms with E-state index in [1.807, 2.05) is 40.8 Å². The summed E-state index contributed by atoms with van der Waals surface area (Å²) in [6.07, 6.45) is 6.57. The number of ether oxygens (including phenoxy) is 2. The minimum Gasteiger partial charge on any atom is -0.487 e. The van der Waals surface area contributed by atoms with Crippen LogP contribution in [-0.4, -0.2) is 45.7 Å². The second-order valence-corrected chi connectivity index (χ2v) is 10.3. The van der Waals surface area contributed by atoms with Crippen molar-refractivity contribution in [2.24, 2.45) is 11.3 Å². The van der Waals surface area contributed by atoms with E-state index in [1.54, 1.807) is 6.20 Å². The van der Waals surface area contributed by atoms with Crippen LogP contribution >= 0.6 is 11.6 Å². The average molecular weight is 444 g/mol. The highest BCUT2D eigenvalue weighted by atomic mass is 35.5. The van der Waals surface area contributed by atoms with E-state index < -0.39 is 0 Å². The lowest BCUT2D eigenvalue weighted by Gasteiger charge is -2.54. The highest BCUT2D eigenvalue weighted by molar-refractivity contribution is 6.30. The number of aromatic nitrogens is 2. The molecule has 31 heavy (non-hydrogen) atoms. The van der Waals surface area contributed by atoms with E-state index in [1.165, 1.54) is 0 Å². The maximum absolute atomic E-state index is 12.8. The normalized spacial score (nSPS) is 26.1. The summed E-state index contributed by atoms with van der Waals surface area (Å²) in [7, 11) is 0. The van der Waals surface area contributed by atoms with E-state index in [2.05, 4.69) is 18.8 Å². The molecular formula is C24H30ClN3O3. The van der Waals surface area contributed by atoms with Gasteiger partial charge in [0.25, 0.3) is 0 Å². The number of hydrogen-bond acceptors (Lipinski definition) is 4. The zero-order valence-corrected chi connectivity index (χ0v) is 19.2. The first-order valence-corrected chi connectivity index (χ1v) is 11.5. The van der Waals surface area contributed by atoms with Crippen LogP contribution in [0.3, 0.4) is 0 Å². The van der Waals surface area contributed by atoms with Gasteiger partial charge in [0.15, 0.2) is 0 Å². The molecule has 166 valence electrons. The number of aryl methyl sites for hydroxylation is 1. The molecule has 1 amide bonds. The van der Waals surface area contributed by atoms with Gasteiger partial charge in [-0.05, 0) is 63.6 Å². The maximum Gasteiger partial charge on any atom is 0.242 e. The Labute approximate surface area is 188 Å². The minimum atomic E-state index is -0.315. The van der Waals surface area contributed by atoms with Gasteiger partial charge in [0, 0.05) is 42.0 Å². The van der Waals surface area contributed by atoms with Crippen LogP contribution in [0.15, 0.2) is 30.6 Å². The van der Waals surface area contributed by atoms with Gasteiger partial charge in [-0.25, -0.2) is 4.98 Å². The molecule has 3 aliphatic heterocycles. The lowest BCUT2D eigenvalue weighted by Crippen LogP contribution is -2.54. The minimum absolute atomic E-state index is 0.00644. The van der Waals surface area contributed by atoms with Crippen molar-refractivity contribution in [3.8, 4) is 5.75 Å². The van der Waals surface area contributed by atoms with Crippen LogP contribution in [0.4, 0.5) is 0 Å². The third-order valence-corrected chi connectivity index (χ3v) is 7.77. The van der Waals surface area contributed by atoms with Gasteiger partial charge in [-0.3, -0.25) is 4.79 Å². The summed E-state index contributed by atoms with van der Waals surface area (Å²) in [6, 6.07) is 5.82. The molecule has 1 aromatic carbocycles. The quantitative estimate of drug-likeness (QED) is 0.690. The molecule has 0 bridgehead atoms. The molecule has 3 aliphatic rings. The monoisotopic (exact) mass is 443 g/mol. The molecule has 5 rings (SSSR count). The molecular weight excluding hydrogens is 414 g/mol. The van der Waals surface area contributed by atoms with Crippen molar-refractivity contribution < 1.29 is 14.3 Å². The van der Waals surface area contributed by atoms with Crippen LogP contribution in [0.1, 0.15) is 50.6 Å². The molecule has 0 aliphatic carbocycles. The number of fused-ring (bicyclic) bond motifs is 3. The van der Waals surface area contributed by atoms with Crippen molar-refractivity contribution in [3.63, 3.8) is 0 Å². The molecule has 2 saturated heterocycles. The average Bonchev–Trinajstić information content (AvgIpc) is 3.14. The smallest absolute Gasteiger partial charge is 0.242 e. The first-order valence-electron chi connectivity index (χ1n) is 11.1. The van der Waals surface area contributed by atoms with Gasteiger partial charge in [-0.1, -0.05) is 11.6 Å². The summed E-state index contributed by atoms with van der Waals surface area (Å²) < 4.78 is 14.8. The molecule has 1 spiro atoms. The standard InChI is InChI=1S/C24H30ClN3O3/c1-16-26-8-11-28(16)14-21(29)27-9-6-24(7-10-27)13-19-22(30-15-24)18-12-17(25)4-5-20(18)31-23(19,2)3/h4-5,8,11-12,19,22H,6-7,9-10,13-15H2,1-3H3/t19-,22+/m1/s1. The van der Waals surface area contributed by atoms with E-state index in [0.29, 0.717) is 11.6 Å². The van der Waals surface area contributed by atoms with E-state index in [-0.39, 0.29) is 28.9 Å². The Morgan fingerprint density at radius 2 is 2.06 bits per heavy atom. The molecule has 0 N–H and O–H groups in total. The van der Waals surface area contributed by atoms with Crippen LogP contribution in [-0.2, 0) is 16.1 Å². The Bertz CT molecular complexity index is 994. The zero-order valence-electron chi connectivity index (χ0n) is 18.4. The van der Waals surface area contributed by atoms with Crippen molar-refractivity contribution in [2.45, 2.75) is 58.3 Å². The summed E-state index contributed by atoms with van der Waals surface area (Å²) in [5.74, 6) is 2.16. The van der Waals surface area contributed by atoms with Gasteiger partial charge < -0.3 is 18.9 Å². The van der Waals surface area contributed by atoms with Crippen LogP contribution in [0.25, 0.3) is 0 Å². The molecule has 6 nitrogen and oxygen atoms in total. The number of hydrogen-bond donors (Lipinski definition) is 0. The maximum atomic E-state index is 12.8.